The minimum Gasteiger partial charge on any atom is -0.386 e. The van der Waals surface area contributed by atoms with Gasteiger partial charge >= 0.3 is 7.82 Å². The topological polar surface area (TPSA) is 272 Å². The van der Waals surface area contributed by atoms with Crippen molar-refractivity contribution in [3.05, 3.63) is 354 Å². The van der Waals surface area contributed by atoms with E-state index in [0.29, 0.717) is 232 Å². The Morgan fingerprint density at radius 3 is 0.839 bits per heavy atom. The third-order valence-corrected chi connectivity index (χ3v) is 31.7. The highest BCUT2D eigenvalue weighted by atomic mass is 35.5. The Hall–Kier alpha value is -14.5. The van der Waals surface area contributed by atoms with Crippen molar-refractivity contribution >= 4 is 112 Å². The Morgan fingerprint density at radius 1 is 0.336 bits per heavy atom. The van der Waals surface area contributed by atoms with Gasteiger partial charge in [-0.2, -0.15) is 19.9 Å². The van der Waals surface area contributed by atoms with Crippen molar-refractivity contribution in [3.63, 3.8) is 0 Å². The molecule has 31 nitrogen and oxygen atoms in total. The number of ether oxygens (including phenoxy) is 3. The van der Waals surface area contributed by atoms with Crippen LogP contribution in [0.2, 0.25) is 15.1 Å². The number of hydrogen-bond acceptors (Lipinski definition) is 19. The molecule has 0 aliphatic carbocycles. The predicted molar refractivity (Wildman–Crippen MR) is 573 cm³/mol. The summed E-state index contributed by atoms with van der Waals surface area (Å²) in [6.45, 7) is 17.0. The van der Waals surface area contributed by atoms with Crippen LogP contribution in [-0.4, -0.2) is 225 Å². The molecule has 0 unspecified atom stereocenters. The van der Waals surface area contributed by atoms with E-state index in [1.54, 1.807) is 182 Å². The molecule has 149 heavy (non-hydrogen) atoms. The van der Waals surface area contributed by atoms with Crippen molar-refractivity contribution in [3.8, 4) is 51.0 Å². The zero-order valence-electron chi connectivity index (χ0n) is 84.3. The molecular weight excluding hydrogens is 1970 g/mol. The molecule has 3 fully saturated rings. The summed E-state index contributed by atoms with van der Waals surface area (Å²) in [6.07, 6.45) is 11.9. The summed E-state index contributed by atoms with van der Waals surface area (Å²) >= 11 is 20.8. The monoisotopic (exact) mass is 2080 g/mol. The van der Waals surface area contributed by atoms with Crippen molar-refractivity contribution in [2.75, 3.05) is 113 Å². The number of phosphoric acid groups is 1. The van der Waals surface area contributed by atoms with E-state index >= 15 is 33.3 Å². The zero-order valence-corrected chi connectivity index (χ0v) is 87.4. The largest absolute Gasteiger partial charge is 0.647 e. The first kappa shape index (κ1) is 100. The summed E-state index contributed by atoms with van der Waals surface area (Å²) in [5.74, 6) is -1.96. The first-order chi connectivity index (χ1) is 72.1. The highest BCUT2D eigenvalue weighted by Gasteiger charge is 2.42. The van der Waals surface area contributed by atoms with Crippen molar-refractivity contribution in [1.82, 2.24) is 72.4 Å². The number of aryl methyl sites for hydroxylation is 3. The van der Waals surface area contributed by atoms with E-state index in [0.717, 1.165) is 56.0 Å². The Morgan fingerprint density at radius 2 is 0.591 bits per heavy atom. The van der Waals surface area contributed by atoms with Crippen LogP contribution in [0.15, 0.2) is 256 Å². The number of anilines is 6. The van der Waals surface area contributed by atoms with Gasteiger partial charge in [0.05, 0.1) is 92.0 Å². The Bertz CT molecular complexity index is 6980. The van der Waals surface area contributed by atoms with Crippen LogP contribution in [0.1, 0.15) is 113 Å². The summed E-state index contributed by atoms with van der Waals surface area (Å²) in [5, 5.41) is 14.8. The molecule has 0 saturated carbocycles. The van der Waals surface area contributed by atoms with E-state index in [1.165, 1.54) is 67.8 Å². The Kier molecular flexibility index (Phi) is 28.7. The van der Waals surface area contributed by atoms with Crippen LogP contribution in [0.25, 0.3) is 33.8 Å². The van der Waals surface area contributed by atoms with Gasteiger partial charge in [0.15, 0.2) is 0 Å². The van der Waals surface area contributed by atoms with Crippen LogP contribution in [0.5, 0.6) is 17.2 Å². The second-order valence-corrected chi connectivity index (χ2v) is 41.7. The minimum absolute atomic E-state index is 0.0273. The minimum atomic E-state index is -5.05. The van der Waals surface area contributed by atoms with Crippen molar-refractivity contribution < 1.29 is 61.1 Å². The molecule has 3 atom stereocenters. The molecule has 9 aromatic carbocycles. The van der Waals surface area contributed by atoms with E-state index in [9.17, 15) is 0 Å². The number of hydrogen-bond donors (Lipinski definition) is 0. The molecule has 21 rings (SSSR count). The van der Waals surface area contributed by atoms with Gasteiger partial charge in [-0.05, 0) is 219 Å². The number of halogens is 3. The van der Waals surface area contributed by atoms with E-state index in [1.807, 2.05) is 107 Å². The molecule has 15 aromatic rings. The summed E-state index contributed by atoms with van der Waals surface area (Å²) in [5.41, 5.74) is 16.3. The fraction of sp³-hybridized carbons (Fsp3) is 0.289. The third-order valence-electron chi connectivity index (χ3n) is 29.7. The number of morpholine rings is 3. The normalized spacial score (nSPS) is 16.6. The fourth-order valence-electron chi connectivity index (χ4n) is 21.4. The van der Waals surface area contributed by atoms with Crippen LogP contribution in [0.3, 0.4) is 0 Å². The molecule has 6 amide bonds. The van der Waals surface area contributed by atoms with E-state index < -0.39 is 25.5 Å². The highest BCUT2D eigenvalue weighted by Crippen LogP contribution is 2.52. The molecular formula is C114H114Cl3N18O13P. The molecule has 3 saturated heterocycles. The maximum absolute atomic E-state index is 16.5. The number of phosphoric ester groups is 1. The van der Waals surface area contributed by atoms with Crippen LogP contribution in [0.4, 0.5) is 34.1 Å². The zero-order chi connectivity index (χ0) is 103. The van der Waals surface area contributed by atoms with Gasteiger partial charge < -0.3 is 56.2 Å². The van der Waals surface area contributed by atoms with Crippen LogP contribution >= 0.6 is 42.6 Å². The number of aromatic nitrogens is 9. The molecule has 0 N–H and O–H groups in total. The van der Waals surface area contributed by atoms with E-state index in [2.05, 4.69) is 66.4 Å². The SMILES string of the molecule is Cc1c(C(=O)N(c2ccc(OP(=O)(Oc3ccc(N(C(=O)c4cc(-c5cc(Cl)ccc5C(=O)N5Cc6ccccc6C[C@H]5CN5CCOCC5)n(C)c4C)c4cnn(C)c4)cc3)Oc3ccc(N(C(=O)c4cc(-c5cc(Cl)ccc5C(=O)N5Cc6ccccc6C[C@H]5CN5CCOCC5)n(C)c4C)c4cnn(C)c4)cc3)cc2)c2cnn(C)c2)cc(-c2cc(Cl)ccc2C(=O)N2Cc3ccccc3C[C@H]2CN2CCOCC2)n1C. The number of nitrogens with zero attached hydrogens (tertiary/aromatic N) is 18. The van der Waals surface area contributed by atoms with Crippen molar-refractivity contribution in [1.29, 1.82) is 0 Å². The average molecular weight is 2080 g/mol. The first-order valence-corrected chi connectivity index (χ1v) is 52.6. The molecule has 6 aliphatic heterocycles. The number of carbonyl (C=O) groups excluding carboxylic acids is 6. The standard InChI is InChI=1S/C114H114Cl3N18O13P/c1-73-100(58-106(124(73)7)103-55-82(115)22-37-97(103)109(136)130-64-79-19-13-10-16-76(79)52-88(130)70-127-40-46-143-47-41-127)112(139)133(91-61-118-121(4)67-91)85-25-31-94(32-26-85)146-149(142,147-95-33-27-86(28-34-95)134(92-62-119-122(5)68-92)113(140)101-59-107(125(8)74(101)2)104-56-83(116)23-38-98(104)110(137)131-65-80-20-14-11-17-77(80)53-89(131)71-128-42-48-144-49-43-128)148-96-35-29-87(30-36-96)135(93-63-120-123(6)69-93)114(141)102-60-108(126(9)75(102)3)105-57-84(117)24-39-99(105)111(138)132-66-81-21-15-12-18-78(81)54-90(132)72-129-44-50-145-51-45-129/h10-39,55-63,67-69,88-90H,40-54,64-66,70-72H2,1-9H3/t88-,89-,90-/m0/s1. The van der Waals surface area contributed by atoms with Crippen LogP contribution in [-0.2, 0) is 100.0 Å². The summed E-state index contributed by atoms with van der Waals surface area (Å²) in [6, 6.07) is 64.4. The lowest BCUT2D eigenvalue weighted by Crippen LogP contribution is -2.52. The number of fused-ring (bicyclic) bond motifs is 3. The summed E-state index contributed by atoms with van der Waals surface area (Å²) in [7, 11) is 5.73. The maximum Gasteiger partial charge on any atom is 0.647 e. The van der Waals surface area contributed by atoms with Gasteiger partial charge in [-0.25, -0.2) is 0 Å². The van der Waals surface area contributed by atoms with Gasteiger partial charge in [0, 0.05) is 257 Å². The molecule has 0 radical (unpaired) electrons. The predicted octanol–water partition coefficient (Wildman–Crippen LogP) is 19.1. The van der Waals surface area contributed by atoms with Crippen molar-refractivity contribution in [2.24, 2.45) is 42.3 Å². The highest BCUT2D eigenvalue weighted by molar-refractivity contribution is 7.49. The lowest BCUT2D eigenvalue weighted by Gasteiger charge is -2.40. The lowest BCUT2D eigenvalue weighted by molar-refractivity contribution is 0.0190. The van der Waals surface area contributed by atoms with Gasteiger partial charge in [0.2, 0.25) is 0 Å². The second kappa shape index (κ2) is 42.6. The molecule has 0 spiro atoms. The summed E-state index contributed by atoms with van der Waals surface area (Å²) < 4.78 is 63.8. The van der Waals surface area contributed by atoms with Crippen molar-refractivity contribution in [2.45, 2.75) is 77.8 Å². The average Bonchev–Trinajstić information content (AvgIpc) is 1.64. The molecule has 35 heteroatoms. The van der Waals surface area contributed by atoms with Gasteiger partial charge in [0.1, 0.15) is 17.2 Å². The quantitative estimate of drug-likeness (QED) is 0.0433. The summed E-state index contributed by atoms with van der Waals surface area (Å²) in [4.78, 5) is 112. The fourth-order valence-corrected chi connectivity index (χ4v) is 23.2. The number of rotatable bonds is 27. The second-order valence-electron chi connectivity index (χ2n) is 39.0. The number of benzene rings is 9. The van der Waals surface area contributed by atoms with Gasteiger partial charge in [-0.3, -0.25) is 72.2 Å². The molecule has 6 aromatic heterocycles. The molecule has 0 bridgehead atoms. The third kappa shape index (κ3) is 20.8. The Balaban J connectivity index is 0.601. The smallest absolute Gasteiger partial charge is 0.386 e. The van der Waals surface area contributed by atoms with Crippen LogP contribution in [0, 0.1) is 20.8 Å². The number of carbonyl (C=O) groups is 6. The Labute approximate surface area is 878 Å². The lowest BCUT2D eigenvalue weighted by atomic mass is 9.92. The van der Waals surface area contributed by atoms with Gasteiger partial charge in [-0.15, -0.1) is 0 Å². The van der Waals surface area contributed by atoms with Crippen LogP contribution < -0.4 is 28.3 Å². The van der Waals surface area contributed by atoms with E-state index in [4.69, 9.17) is 62.6 Å². The van der Waals surface area contributed by atoms with E-state index in [-0.39, 0.29) is 53.1 Å². The van der Waals surface area contributed by atoms with Gasteiger partial charge in [0.25, 0.3) is 35.4 Å². The molecule has 12 heterocycles. The number of amides is 6. The van der Waals surface area contributed by atoms with Gasteiger partial charge in [-0.1, -0.05) is 108 Å². The first-order valence-electron chi connectivity index (χ1n) is 50.0. The maximum atomic E-state index is 16.5. The molecule has 6 aliphatic rings. The molecule has 764 valence electrons.